The van der Waals surface area contributed by atoms with Gasteiger partial charge in [-0.15, -0.1) is 0 Å². The molecule has 0 aromatic heterocycles. The van der Waals surface area contributed by atoms with Gasteiger partial charge in [0.15, 0.2) is 5.69 Å². The van der Waals surface area contributed by atoms with E-state index in [1.165, 1.54) is 24.3 Å². The molecule has 2 aromatic carbocycles. The normalized spacial score (nSPS) is 8.85. The van der Waals surface area contributed by atoms with Crippen molar-refractivity contribution in [3.63, 3.8) is 0 Å². The van der Waals surface area contributed by atoms with Crippen LogP contribution in [0.2, 0.25) is 5.02 Å². The van der Waals surface area contributed by atoms with E-state index in [0.717, 1.165) is 0 Å². The number of nitrogens with zero attached hydrogens (tertiary/aromatic N) is 2. The lowest BCUT2D eigenvalue weighted by Gasteiger charge is -1.93. The standard InChI is InChI=1S/C7H4ClN.C6H4ClNO3/c1-9-7-4-2-6(8)3-5-7;7-11-6-3-1-5(2-4-6)8(9)10/h2-5H;1-4H. The predicted octanol–water partition coefficient (Wildman–Crippen LogP) is 5.02. The molecule has 0 atom stereocenters. The fourth-order valence-corrected chi connectivity index (χ4v) is 1.36. The minimum Gasteiger partial charge on any atom is -0.386 e. The van der Waals surface area contributed by atoms with E-state index in [1.54, 1.807) is 24.3 Å². The first kappa shape index (κ1) is 15.8. The van der Waals surface area contributed by atoms with E-state index >= 15 is 0 Å². The highest BCUT2D eigenvalue weighted by molar-refractivity contribution is 6.30. The van der Waals surface area contributed by atoms with E-state index in [2.05, 4.69) is 9.13 Å². The fourth-order valence-electron chi connectivity index (χ4n) is 1.13. The lowest BCUT2D eigenvalue weighted by Crippen LogP contribution is -1.86. The molecule has 0 N–H and O–H groups in total. The molecule has 0 saturated carbocycles. The second kappa shape index (κ2) is 8.00. The van der Waals surface area contributed by atoms with Crippen molar-refractivity contribution in [2.75, 3.05) is 0 Å². The van der Waals surface area contributed by atoms with Crippen LogP contribution in [0.25, 0.3) is 4.85 Å². The molecule has 0 aliphatic heterocycles. The van der Waals surface area contributed by atoms with Crippen LogP contribution in [0.15, 0.2) is 48.5 Å². The Labute approximate surface area is 125 Å². The van der Waals surface area contributed by atoms with Crippen LogP contribution in [0.5, 0.6) is 5.75 Å². The summed E-state index contributed by atoms with van der Waals surface area (Å²) in [4.78, 5) is 12.8. The summed E-state index contributed by atoms with van der Waals surface area (Å²) in [6.07, 6.45) is 0. The molecule has 0 bridgehead atoms. The summed E-state index contributed by atoms with van der Waals surface area (Å²) in [6.45, 7) is 6.60. The molecule has 0 fully saturated rings. The Kier molecular flexibility index (Phi) is 6.30. The lowest BCUT2D eigenvalue weighted by atomic mass is 10.3. The van der Waals surface area contributed by atoms with Gasteiger partial charge in [-0.25, -0.2) is 4.85 Å². The molecule has 5 nitrogen and oxygen atoms in total. The van der Waals surface area contributed by atoms with Crippen LogP contribution >= 0.6 is 23.5 Å². The smallest absolute Gasteiger partial charge is 0.269 e. The van der Waals surface area contributed by atoms with E-state index in [9.17, 15) is 10.1 Å². The van der Waals surface area contributed by atoms with Crippen LogP contribution in [-0.2, 0) is 0 Å². The SMILES string of the molecule is O=[N+]([O-])c1ccc(OCl)cc1.[C-]#[N+]c1ccc(Cl)cc1. The first-order valence-electron chi connectivity index (χ1n) is 5.23. The van der Waals surface area contributed by atoms with E-state index in [-0.39, 0.29) is 5.69 Å². The zero-order valence-electron chi connectivity index (χ0n) is 9.99. The average molecular weight is 311 g/mol. The predicted molar refractivity (Wildman–Crippen MR) is 77.3 cm³/mol. The Morgan fingerprint density at radius 1 is 1.10 bits per heavy atom. The molecule has 0 saturated heterocycles. The summed E-state index contributed by atoms with van der Waals surface area (Å²) in [7, 11) is 0. The zero-order chi connectivity index (χ0) is 15.0. The van der Waals surface area contributed by atoms with E-state index in [4.69, 9.17) is 30.0 Å². The fraction of sp³-hybridized carbons (Fsp3) is 0. The molecule has 0 heterocycles. The third-order valence-electron chi connectivity index (χ3n) is 2.09. The van der Waals surface area contributed by atoms with Crippen molar-refractivity contribution in [1.82, 2.24) is 0 Å². The molecular weight excluding hydrogens is 303 g/mol. The van der Waals surface area contributed by atoms with Crippen molar-refractivity contribution in [3.8, 4) is 5.75 Å². The third kappa shape index (κ3) is 5.14. The van der Waals surface area contributed by atoms with Gasteiger partial charge in [-0.3, -0.25) is 10.1 Å². The lowest BCUT2D eigenvalue weighted by molar-refractivity contribution is -0.384. The summed E-state index contributed by atoms with van der Waals surface area (Å²) in [5.74, 6) is 0.386. The van der Waals surface area contributed by atoms with Gasteiger partial charge >= 0.3 is 0 Å². The van der Waals surface area contributed by atoms with E-state index in [0.29, 0.717) is 16.5 Å². The monoisotopic (exact) mass is 310 g/mol. The van der Waals surface area contributed by atoms with Gasteiger partial charge < -0.3 is 4.29 Å². The third-order valence-corrected chi connectivity index (χ3v) is 2.52. The number of non-ortho nitro benzene ring substituents is 1. The van der Waals surface area contributed by atoms with Crippen molar-refractivity contribution in [1.29, 1.82) is 0 Å². The number of hydrogen-bond donors (Lipinski definition) is 0. The highest BCUT2D eigenvalue weighted by Crippen LogP contribution is 2.17. The maximum absolute atomic E-state index is 10.1. The highest BCUT2D eigenvalue weighted by atomic mass is 35.5. The summed E-state index contributed by atoms with van der Waals surface area (Å²) in [5.41, 5.74) is 0.641. The molecule has 20 heavy (non-hydrogen) atoms. The first-order chi connectivity index (χ1) is 9.56. The molecule has 0 aliphatic carbocycles. The van der Waals surface area contributed by atoms with Crippen molar-refractivity contribution in [3.05, 3.63) is 75.1 Å². The minimum absolute atomic E-state index is 0.0162. The van der Waals surface area contributed by atoms with Crippen LogP contribution < -0.4 is 4.29 Å². The van der Waals surface area contributed by atoms with Gasteiger partial charge in [-0.1, -0.05) is 35.9 Å². The van der Waals surface area contributed by atoms with Crippen molar-refractivity contribution < 1.29 is 9.21 Å². The van der Waals surface area contributed by atoms with Gasteiger partial charge in [0.2, 0.25) is 0 Å². The maximum Gasteiger partial charge on any atom is 0.269 e. The summed E-state index contributed by atoms with van der Waals surface area (Å²) in [5, 5.41) is 10.8. The number of nitro benzene ring substituents is 1. The number of hydrogen-bond acceptors (Lipinski definition) is 3. The largest absolute Gasteiger partial charge is 0.386 e. The topological polar surface area (TPSA) is 56.7 Å². The van der Waals surface area contributed by atoms with Crippen LogP contribution in [0, 0.1) is 16.7 Å². The molecule has 2 rings (SSSR count). The summed E-state index contributed by atoms with van der Waals surface area (Å²) < 4.78 is 4.30. The molecule has 0 radical (unpaired) electrons. The molecule has 102 valence electrons. The van der Waals surface area contributed by atoms with Crippen LogP contribution in [0.3, 0.4) is 0 Å². The Morgan fingerprint density at radius 2 is 1.65 bits per heavy atom. The second-order valence-corrected chi connectivity index (χ2v) is 4.01. The first-order valence-corrected chi connectivity index (χ1v) is 5.91. The molecule has 7 heteroatoms. The second-order valence-electron chi connectivity index (χ2n) is 3.42. The molecule has 0 spiro atoms. The Bertz CT molecular complexity index is 607. The molecule has 0 aliphatic rings. The molecular formula is C13H8Cl2N2O3. The Balaban J connectivity index is 0.000000204. The quantitative estimate of drug-likeness (QED) is 0.444. The summed E-state index contributed by atoms with van der Waals surface area (Å²) >= 11 is 10.6. The van der Waals surface area contributed by atoms with Gasteiger partial charge in [-0.05, 0) is 12.1 Å². The van der Waals surface area contributed by atoms with Crippen molar-refractivity contribution >= 4 is 34.8 Å². The van der Waals surface area contributed by atoms with Gasteiger partial charge in [-0.2, -0.15) is 0 Å². The van der Waals surface area contributed by atoms with E-state index < -0.39 is 4.92 Å². The van der Waals surface area contributed by atoms with Crippen LogP contribution in [0.4, 0.5) is 11.4 Å². The average Bonchev–Trinajstić information content (AvgIpc) is 2.49. The van der Waals surface area contributed by atoms with E-state index in [1.807, 2.05) is 0 Å². The number of halogens is 2. The number of benzene rings is 2. The van der Waals surface area contributed by atoms with Crippen LogP contribution in [0.1, 0.15) is 0 Å². The number of rotatable bonds is 2. The highest BCUT2D eigenvalue weighted by Gasteiger charge is 2.03. The Morgan fingerprint density at radius 3 is 2.05 bits per heavy atom. The number of nitro groups is 1. The summed E-state index contributed by atoms with van der Waals surface area (Å²) in [6, 6.07) is 12.3. The molecule has 0 amide bonds. The molecule has 2 aromatic rings. The molecule has 0 unspecified atom stereocenters. The minimum atomic E-state index is -0.488. The van der Waals surface area contributed by atoms with Gasteiger partial charge in [0.25, 0.3) is 5.69 Å². The van der Waals surface area contributed by atoms with Gasteiger partial charge in [0, 0.05) is 17.2 Å². The van der Waals surface area contributed by atoms with Gasteiger partial charge in [0.05, 0.1) is 11.5 Å². The maximum atomic E-state index is 10.1. The van der Waals surface area contributed by atoms with Crippen molar-refractivity contribution in [2.45, 2.75) is 0 Å². The Hall–Kier alpha value is -2.29. The van der Waals surface area contributed by atoms with Crippen LogP contribution in [-0.4, -0.2) is 4.92 Å². The van der Waals surface area contributed by atoms with Crippen molar-refractivity contribution in [2.24, 2.45) is 0 Å². The van der Waals surface area contributed by atoms with Gasteiger partial charge in [0.1, 0.15) is 17.6 Å². The zero-order valence-corrected chi connectivity index (χ0v) is 11.5.